The third-order valence-electron chi connectivity index (χ3n) is 4.46. The highest BCUT2D eigenvalue weighted by Crippen LogP contribution is 2.35. The first-order chi connectivity index (χ1) is 15.0. The van der Waals surface area contributed by atoms with Gasteiger partial charge in [-0.15, -0.1) is 10.2 Å². The number of carbonyl (C=O) groups excluding carboxylic acids is 3. The number of hydrogen-bond acceptors (Lipinski definition) is 8. The summed E-state index contributed by atoms with van der Waals surface area (Å²) in [5, 5.41) is 10.6. The van der Waals surface area contributed by atoms with Crippen LogP contribution in [0.4, 0.5) is 10.8 Å². The molecule has 1 unspecified atom stereocenters. The summed E-state index contributed by atoms with van der Waals surface area (Å²) in [5.41, 5.74) is 1.35. The summed E-state index contributed by atoms with van der Waals surface area (Å²) in [6.07, 6.45) is 0. The van der Waals surface area contributed by atoms with Gasteiger partial charge in [0.15, 0.2) is 4.34 Å². The van der Waals surface area contributed by atoms with Crippen LogP contribution in [0, 0.1) is 0 Å². The molecule has 1 aromatic heterocycles. The van der Waals surface area contributed by atoms with E-state index in [1.807, 2.05) is 6.92 Å². The summed E-state index contributed by atoms with van der Waals surface area (Å²) in [6, 6.07) is 13.8. The SMILES string of the molecule is CCOc1ccc(NC(=O)C(C)Sc2nnc(N3C(=O)c4ccccc4C3=O)s2)cc1. The Morgan fingerprint density at radius 2 is 1.74 bits per heavy atom. The molecule has 0 saturated heterocycles. The number of benzene rings is 2. The molecule has 2 aromatic carbocycles. The number of thioether (sulfide) groups is 1. The molecule has 4 rings (SSSR count). The largest absolute Gasteiger partial charge is 0.494 e. The Morgan fingerprint density at radius 3 is 2.35 bits per heavy atom. The molecule has 0 fully saturated rings. The first kappa shape index (κ1) is 21.0. The van der Waals surface area contributed by atoms with Crippen LogP contribution in [-0.4, -0.2) is 39.8 Å². The second-order valence-corrected chi connectivity index (χ2v) is 9.09. The molecule has 3 aromatic rings. The van der Waals surface area contributed by atoms with Crippen molar-refractivity contribution in [2.75, 3.05) is 16.8 Å². The molecule has 0 saturated carbocycles. The van der Waals surface area contributed by atoms with Gasteiger partial charge in [-0.05, 0) is 50.2 Å². The van der Waals surface area contributed by atoms with Gasteiger partial charge in [0.05, 0.1) is 23.0 Å². The van der Waals surface area contributed by atoms with Crippen LogP contribution in [-0.2, 0) is 4.79 Å². The third-order valence-corrected chi connectivity index (χ3v) is 6.55. The number of aromatic nitrogens is 2. The molecule has 0 aliphatic carbocycles. The van der Waals surface area contributed by atoms with E-state index in [1.54, 1.807) is 55.5 Å². The van der Waals surface area contributed by atoms with Crippen LogP contribution in [0.1, 0.15) is 34.6 Å². The molecule has 1 aliphatic rings. The highest BCUT2D eigenvalue weighted by atomic mass is 32.2. The number of rotatable bonds is 7. The first-order valence-corrected chi connectivity index (χ1v) is 11.2. The predicted octanol–water partition coefficient (Wildman–Crippen LogP) is 3.86. The van der Waals surface area contributed by atoms with Crippen LogP contribution < -0.4 is 15.0 Å². The van der Waals surface area contributed by atoms with Crippen molar-refractivity contribution in [2.24, 2.45) is 0 Å². The Kier molecular flexibility index (Phi) is 6.01. The van der Waals surface area contributed by atoms with Crippen molar-refractivity contribution >= 4 is 51.6 Å². The molecule has 1 atom stereocenters. The molecule has 8 nitrogen and oxygen atoms in total. The minimum absolute atomic E-state index is 0.188. The van der Waals surface area contributed by atoms with Gasteiger partial charge in [0, 0.05) is 5.69 Å². The van der Waals surface area contributed by atoms with E-state index >= 15 is 0 Å². The quantitative estimate of drug-likeness (QED) is 0.329. The number of hydrogen-bond donors (Lipinski definition) is 1. The molecule has 3 amide bonds. The molecule has 0 bridgehead atoms. The Bertz CT molecular complexity index is 1110. The number of nitrogens with zero attached hydrogens (tertiary/aromatic N) is 3. The van der Waals surface area contributed by atoms with Crippen molar-refractivity contribution < 1.29 is 19.1 Å². The van der Waals surface area contributed by atoms with Crippen LogP contribution in [0.15, 0.2) is 52.9 Å². The first-order valence-electron chi connectivity index (χ1n) is 9.49. The zero-order valence-corrected chi connectivity index (χ0v) is 18.3. The summed E-state index contributed by atoms with van der Waals surface area (Å²) in [7, 11) is 0. The summed E-state index contributed by atoms with van der Waals surface area (Å²) < 4.78 is 5.88. The zero-order chi connectivity index (χ0) is 22.0. The summed E-state index contributed by atoms with van der Waals surface area (Å²) in [4.78, 5) is 38.7. The Balaban J connectivity index is 1.40. The fourth-order valence-electron chi connectivity index (χ4n) is 2.95. The normalized spacial score (nSPS) is 13.8. The van der Waals surface area contributed by atoms with Gasteiger partial charge >= 0.3 is 0 Å². The lowest BCUT2D eigenvalue weighted by molar-refractivity contribution is -0.115. The molecule has 2 heterocycles. The number of anilines is 2. The Morgan fingerprint density at radius 1 is 1.10 bits per heavy atom. The maximum absolute atomic E-state index is 12.6. The van der Waals surface area contributed by atoms with Crippen LogP contribution in [0.5, 0.6) is 5.75 Å². The van der Waals surface area contributed by atoms with Gasteiger partial charge in [-0.25, -0.2) is 4.90 Å². The number of nitrogens with one attached hydrogen (secondary N) is 1. The van der Waals surface area contributed by atoms with Gasteiger partial charge in [-0.2, -0.15) is 0 Å². The van der Waals surface area contributed by atoms with Crippen molar-refractivity contribution in [3.05, 3.63) is 59.7 Å². The van der Waals surface area contributed by atoms with Crippen molar-refractivity contribution in [2.45, 2.75) is 23.4 Å². The number of fused-ring (bicyclic) bond motifs is 1. The van der Waals surface area contributed by atoms with Crippen LogP contribution >= 0.6 is 23.1 Å². The average Bonchev–Trinajstić information content (AvgIpc) is 3.32. The van der Waals surface area contributed by atoms with Crippen molar-refractivity contribution in [1.82, 2.24) is 10.2 Å². The van der Waals surface area contributed by atoms with E-state index in [4.69, 9.17) is 4.74 Å². The molecule has 1 aliphatic heterocycles. The summed E-state index contributed by atoms with van der Waals surface area (Å²) in [5.74, 6) is -0.312. The minimum atomic E-state index is -0.463. The topological polar surface area (TPSA) is 101 Å². The van der Waals surface area contributed by atoms with E-state index < -0.39 is 17.1 Å². The van der Waals surface area contributed by atoms with Gasteiger partial charge in [-0.3, -0.25) is 14.4 Å². The van der Waals surface area contributed by atoms with Crippen LogP contribution in [0.2, 0.25) is 0 Å². The molecular formula is C21H18N4O4S2. The molecule has 1 N–H and O–H groups in total. The minimum Gasteiger partial charge on any atom is -0.494 e. The van der Waals surface area contributed by atoms with E-state index in [-0.39, 0.29) is 11.0 Å². The van der Waals surface area contributed by atoms with E-state index in [1.165, 1.54) is 11.8 Å². The molecule has 31 heavy (non-hydrogen) atoms. The lowest BCUT2D eigenvalue weighted by Crippen LogP contribution is -2.29. The summed E-state index contributed by atoms with van der Waals surface area (Å²) in [6.45, 7) is 4.23. The lowest BCUT2D eigenvalue weighted by Gasteiger charge is -2.11. The number of imide groups is 1. The molecular weight excluding hydrogens is 436 g/mol. The van der Waals surface area contributed by atoms with Crippen molar-refractivity contribution in [3.8, 4) is 5.75 Å². The van der Waals surface area contributed by atoms with E-state index in [0.29, 0.717) is 27.8 Å². The smallest absolute Gasteiger partial charge is 0.268 e. The van der Waals surface area contributed by atoms with Gasteiger partial charge in [0.25, 0.3) is 11.8 Å². The number of carbonyl (C=O) groups is 3. The third kappa shape index (κ3) is 4.30. The number of amides is 3. The Hall–Kier alpha value is -3.24. The maximum atomic E-state index is 12.6. The van der Waals surface area contributed by atoms with E-state index in [0.717, 1.165) is 22.0 Å². The highest BCUT2D eigenvalue weighted by Gasteiger charge is 2.38. The lowest BCUT2D eigenvalue weighted by atomic mass is 10.1. The number of ether oxygens (including phenoxy) is 1. The molecule has 158 valence electrons. The predicted molar refractivity (Wildman–Crippen MR) is 119 cm³/mol. The van der Waals surface area contributed by atoms with Crippen molar-refractivity contribution in [3.63, 3.8) is 0 Å². The fraction of sp³-hybridized carbons (Fsp3) is 0.190. The molecule has 0 spiro atoms. The zero-order valence-electron chi connectivity index (χ0n) is 16.7. The monoisotopic (exact) mass is 454 g/mol. The maximum Gasteiger partial charge on any atom is 0.268 e. The summed E-state index contributed by atoms with van der Waals surface area (Å²) >= 11 is 2.30. The van der Waals surface area contributed by atoms with Crippen molar-refractivity contribution in [1.29, 1.82) is 0 Å². The van der Waals surface area contributed by atoms with Gasteiger partial charge in [-0.1, -0.05) is 35.2 Å². The van der Waals surface area contributed by atoms with E-state index in [2.05, 4.69) is 15.5 Å². The standard InChI is InChI=1S/C21H18N4O4S2/c1-3-29-14-10-8-13(9-11-14)22-17(26)12(2)30-21-24-23-20(31-21)25-18(27)15-6-4-5-7-16(15)19(25)28/h4-12H,3H2,1-2H3,(H,22,26). The Labute approximate surface area is 186 Å². The second-order valence-electron chi connectivity index (χ2n) is 6.55. The van der Waals surface area contributed by atoms with Gasteiger partial charge < -0.3 is 10.1 Å². The highest BCUT2D eigenvalue weighted by molar-refractivity contribution is 8.02. The molecule has 10 heteroatoms. The van der Waals surface area contributed by atoms with E-state index in [9.17, 15) is 14.4 Å². The average molecular weight is 455 g/mol. The van der Waals surface area contributed by atoms with Crippen LogP contribution in [0.25, 0.3) is 0 Å². The van der Waals surface area contributed by atoms with Gasteiger partial charge in [0.1, 0.15) is 5.75 Å². The van der Waals surface area contributed by atoms with Crippen LogP contribution in [0.3, 0.4) is 0 Å². The van der Waals surface area contributed by atoms with Gasteiger partial charge in [0.2, 0.25) is 11.0 Å². The second kappa shape index (κ2) is 8.86. The molecule has 0 radical (unpaired) electrons. The fourth-order valence-corrected chi connectivity index (χ4v) is 4.94.